The molecule has 0 spiro atoms. The Morgan fingerprint density at radius 3 is 2.30 bits per heavy atom. The quantitative estimate of drug-likeness (QED) is 0.518. The van der Waals surface area contributed by atoms with Crippen LogP contribution >= 0.6 is 15.9 Å². The SMILES string of the molecule is CC(=NNc1ccc([N+](=O)[O-])cc1)c1ccc(Br)cc1. The van der Waals surface area contributed by atoms with Crippen molar-refractivity contribution in [3.05, 3.63) is 68.7 Å². The van der Waals surface area contributed by atoms with Gasteiger partial charge in [0, 0.05) is 16.6 Å². The Bertz CT molecular complexity index is 636. The molecule has 0 unspecified atom stereocenters. The maximum Gasteiger partial charge on any atom is 0.269 e. The van der Waals surface area contributed by atoms with Gasteiger partial charge in [-0.1, -0.05) is 28.1 Å². The second kappa shape index (κ2) is 6.29. The van der Waals surface area contributed by atoms with Crippen LogP contribution in [0.25, 0.3) is 0 Å². The molecule has 0 fully saturated rings. The van der Waals surface area contributed by atoms with Gasteiger partial charge < -0.3 is 0 Å². The fourth-order valence-corrected chi connectivity index (χ4v) is 1.83. The maximum absolute atomic E-state index is 10.5. The van der Waals surface area contributed by atoms with Gasteiger partial charge in [-0.3, -0.25) is 15.5 Å². The van der Waals surface area contributed by atoms with Crippen LogP contribution in [0.4, 0.5) is 11.4 Å². The van der Waals surface area contributed by atoms with Gasteiger partial charge in [0.25, 0.3) is 5.69 Å². The highest BCUT2D eigenvalue weighted by molar-refractivity contribution is 9.10. The fraction of sp³-hybridized carbons (Fsp3) is 0.0714. The molecule has 0 aliphatic heterocycles. The van der Waals surface area contributed by atoms with Crippen LogP contribution in [0.2, 0.25) is 0 Å². The fourth-order valence-electron chi connectivity index (χ4n) is 1.56. The molecule has 0 atom stereocenters. The van der Waals surface area contributed by atoms with Gasteiger partial charge in [0.2, 0.25) is 0 Å². The third kappa shape index (κ3) is 3.64. The van der Waals surface area contributed by atoms with Crippen molar-refractivity contribution in [2.75, 3.05) is 5.43 Å². The Hall–Kier alpha value is -2.21. The maximum atomic E-state index is 10.5. The van der Waals surface area contributed by atoms with E-state index in [1.165, 1.54) is 12.1 Å². The first-order valence-corrected chi connectivity index (χ1v) is 6.66. The summed E-state index contributed by atoms with van der Waals surface area (Å²) in [4.78, 5) is 10.1. The van der Waals surface area contributed by atoms with Crippen molar-refractivity contribution in [1.29, 1.82) is 0 Å². The minimum Gasteiger partial charge on any atom is -0.278 e. The molecule has 1 N–H and O–H groups in total. The summed E-state index contributed by atoms with van der Waals surface area (Å²) in [5.41, 5.74) is 5.47. The van der Waals surface area contributed by atoms with E-state index < -0.39 is 4.92 Å². The Morgan fingerprint density at radius 1 is 1.15 bits per heavy atom. The Labute approximate surface area is 124 Å². The van der Waals surface area contributed by atoms with E-state index in [2.05, 4.69) is 26.5 Å². The number of hydrazone groups is 1. The van der Waals surface area contributed by atoms with E-state index >= 15 is 0 Å². The second-order valence-electron chi connectivity index (χ2n) is 4.12. The van der Waals surface area contributed by atoms with Crippen LogP contribution in [0, 0.1) is 10.1 Å². The lowest BCUT2D eigenvalue weighted by molar-refractivity contribution is -0.384. The molecule has 0 saturated carbocycles. The number of nitro benzene ring substituents is 1. The molecule has 20 heavy (non-hydrogen) atoms. The molecule has 0 aromatic heterocycles. The third-order valence-electron chi connectivity index (χ3n) is 2.69. The van der Waals surface area contributed by atoms with E-state index in [-0.39, 0.29) is 5.69 Å². The monoisotopic (exact) mass is 333 g/mol. The number of non-ortho nitro benzene ring substituents is 1. The van der Waals surface area contributed by atoms with E-state index in [0.29, 0.717) is 5.69 Å². The predicted molar refractivity (Wildman–Crippen MR) is 83.1 cm³/mol. The second-order valence-corrected chi connectivity index (χ2v) is 5.04. The molecule has 102 valence electrons. The number of anilines is 1. The first-order valence-electron chi connectivity index (χ1n) is 5.87. The minimum atomic E-state index is -0.430. The molecular formula is C14H12BrN3O2. The van der Waals surface area contributed by atoms with Gasteiger partial charge >= 0.3 is 0 Å². The van der Waals surface area contributed by atoms with E-state index in [0.717, 1.165) is 15.7 Å². The smallest absolute Gasteiger partial charge is 0.269 e. The third-order valence-corrected chi connectivity index (χ3v) is 3.22. The van der Waals surface area contributed by atoms with Crippen LogP contribution in [0.3, 0.4) is 0 Å². The lowest BCUT2D eigenvalue weighted by Crippen LogP contribution is -1.99. The van der Waals surface area contributed by atoms with E-state index in [4.69, 9.17) is 0 Å². The molecule has 5 nitrogen and oxygen atoms in total. The van der Waals surface area contributed by atoms with Crippen LogP contribution in [-0.2, 0) is 0 Å². The van der Waals surface area contributed by atoms with Gasteiger partial charge in [0.05, 0.1) is 16.3 Å². The highest BCUT2D eigenvalue weighted by atomic mass is 79.9. The molecule has 0 bridgehead atoms. The number of hydrogen-bond acceptors (Lipinski definition) is 4. The van der Waals surface area contributed by atoms with Gasteiger partial charge in [0.15, 0.2) is 0 Å². The Kier molecular flexibility index (Phi) is 4.47. The van der Waals surface area contributed by atoms with Crippen LogP contribution in [0.1, 0.15) is 12.5 Å². The Morgan fingerprint density at radius 2 is 1.75 bits per heavy atom. The first-order chi connectivity index (χ1) is 9.56. The minimum absolute atomic E-state index is 0.0594. The van der Waals surface area contributed by atoms with Gasteiger partial charge in [-0.2, -0.15) is 5.10 Å². The van der Waals surface area contributed by atoms with Gasteiger partial charge in [-0.15, -0.1) is 0 Å². The number of hydrogen-bond donors (Lipinski definition) is 1. The van der Waals surface area contributed by atoms with E-state index in [9.17, 15) is 10.1 Å². The standard InChI is InChI=1S/C14H12BrN3O2/c1-10(11-2-4-12(15)5-3-11)16-17-13-6-8-14(9-7-13)18(19)20/h2-9,17H,1H3. The molecule has 0 saturated heterocycles. The van der Waals surface area contributed by atoms with Crippen molar-refractivity contribution in [2.45, 2.75) is 6.92 Å². The normalized spacial score (nSPS) is 11.2. The van der Waals surface area contributed by atoms with E-state index in [1.54, 1.807) is 12.1 Å². The van der Waals surface area contributed by atoms with Gasteiger partial charge in [-0.05, 0) is 36.8 Å². The molecule has 0 amide bonds. The van der Waals surface area contributed by atoms with Crippen LogP contribution in [0.15, 0.2) is 58.1 Å². The summed E-state index contributed by atoms with van der Waals surface area (Å²) in [6, 6.07) is 13.9. The zero-order valence-electron chi connectivity index (χ0n) is 10.7. The molecule has 0 aliphatic rings. The summed E-state index contributed by atoms with van der Waals surface area (Å²) in [7, 11) is 0. The number of rotatable bonds is 4. The van der Waals surface area contributed by atoms with Gasteiger partial charge in [0.1, 0.15) is 0 Å². The summed E-state index contributed by atoms with van der Waals surface area (Å²) in [5.74, 6) is 0. The van der Waals surface area contributed by atoms with Crippen LogP contribution < -0.4 is 5.43 Å². The molecule has 6 heteroatoms. The van der Waals surface area contributed by atoms with Gasteiger partial charge in [-0.25, -0.2) is 0 Å². The zero-order chi connectivity index (χ0) is 14.5. The summed E-state index contributed by atoms with van der Waals surface area (Å²) >= 11 is 3.38. The highest BCUT2D eigenvalue weighted by Gasteiger charge is 2.03. The topological polar surface area (TPSA) is 67.5 Å². The summed E-state index contributed by atoms with van der Waals surface area (Å²) < 4.78 is 1.01. The van der Waals surface area contributed by atoms with Crippen molar-refractivity contribution in [2.24, 2.45) is 5.10 Å². The summed E-state index contributed by atoms with van der Waals surface area (Å²) in [6.07, 6.45) is 0. The summed E-state index contributed by atoms with van der Waals surface area (Å²) in [5, 5.41) is 14.8. The first kappa shape index (κ1) is 14.2. The number of nitro groups is 1. The molecule has 0 radical (unpaired) electrons. The van der Waals surface area contributed by atoms with Crippen molar-refractivity contribution in [3.63, 3.8) is 0 Å². The molecular weight excluding hydrogens is 322 g/mol. The Balaban J connectivity index is 2.08. The number of nitrogens with zero attached hydrogens (tertiary/aromatic N) is 2. The van der Waals surface area contributed by atoms with Crippen molar-refractivity contribution in [1.82, 2.24) is 0 Å². The van der Waals surface area contributed by atoms with E-state index in [1.807, 2.05) is 31.2 Å². The van der Waals surface area contributed by atoms with Crippen molar-refractivity contribution >= 4 is 33.0 Å². The number of nitrogens with one attached hydrogen (secondary N) is 1. The van der Waals surface area contributed by atoms with Crippen LogP contribution in [-0.4, -0.2) is 10.6 Å². The zero-order valence-corrected chi connectivity index (χ0v) is 12.3. The highest BCUT2D eigenvalue weighted by Crippen LogP contribution is 2.16. The lowest BCUT2D eigenvalue weighted by Gasteiger charge is -2.03. The average molecular weight is 334 g/mol. The van der Waals surface area contributed by atoms with Crippen molar-refractivity contribution < 1.29 is 4.92 Å². The predicted octanol–water partition coefficient (Wildman–Crippen LogP) is 4.19. The molecule has 2 aromatic rings. The average Bonchev–Trinajstić information content (AvgIpc) is 2.46. The van der Waals surface area contributed by atoms with Crippen LogP contribution in [0.5, 0.6) is 0 Å². The molecule has 0 aliphatic carbocycles. The number of halogens is 1. The molecule has 2 aromatic carbocycles. The molecule has 0 heterocycles. The summed E-state index contributed by atoms with van der Waals surface area (Å²) in [6.45, 7) is 1.89. The largest absolute Gasteiger partial charge is 0.278 e. The lowest BCUT2D eigenvalue weighted by atomic mass is 10.1. The number of benzene rings is 2. The van der Waals surface area contributed by atoms with Crippen molar-refractivity contribution in [3.8, 4) is 0 Å². The molecule has 2 rings (SSSR count).